The highest BCUT2D eigenvalue weighted by atomic mass is 16.4. The maximum Gasteiger partial charge on any atom is 0.323 e. The van der Waals surface area contributed by atoms with Crippen LogP contribution in [0.1, 0.15) is 10.4 Å². The summed E-state index contributed by atoms with van der Waals surface area (Å²) in [5.41, 5.74) is 0.315. The van der Waals surface area contributed by atoms with Crippen molar-refractivity contribution in [1.29, 1.82) is 0 Å². The van der Waals surface area contributed by atoms with Crippen molar-refractivity contribution >= 4 is 17.6 Å². The summed E-state index contributed by atoms with van der Waals surface area (Å²) in [6.45, 7) is -0.558. The second kappa shape index (κ2) is 5.96. The summed E-state index contributed by atoms with van der Waals surface area (Å²) in [4.78, 5) is 24.4. The number of hydrogen-bond donors (Lipinski definition) is 3. The van der Waals surface area contributed by atoms with E-state index in [9.17, 15) is 19.8 Å². The molecule has 0 fully saturated rings. The van der Waals surface area contributed by atoms with Crippen LogP contribution in [0.25, 0.3) is 0 Å². The van der Waals surface area contributed by atoms with E-state index in [-0.39, 0.29) is 17.1 Å². The van der Waals surface area contributed by atoms with Gasteiger partial charge in [-0.1, -0.05) is 12.1 Å². The zero-order chi connectivity index (χ0) is 15.4. The summed E-state index contributed by atoms with van der Waals surface area (Å²) < 4.78 is 0. The van der Waals surface area contributed by atoms with E-state index >= 15 is 0 Å². The third kappa shape index (κ3) is 3.30. The molecule has 2 rings (SSSR count). The molecule has 0 saturated carbocycles. The lowest BCUT2D eigenvalue weighted by Gasteiger charge is -2.21. The number of phenolic OH excluding ortho intramolecular Hbond substituents is 2. The minimum atomic E-state index is -1.19. The van der Waals surface area contributed by atoms with Crippen molar-refractivity contribution in [1.82, 2.24) is 0 Å². The van der Waals surface area contributed by atoms with Crippen molar-refractivity contribution in [2.75, 3.05) is 11.4 Å². The highest BCUT2D eigenvalue weighted by molar-refractivity contribution is 6.09. The van der Waals surface area contributed by atoms with Crippen molar-refractivity contribution in [2.24, 2.45) is 0 Å². The molecule has 2 aromatic carbocycles. The molecule has 0 aliphatic rings. The molecule has 0 radical (unpaired) electrons. The van der Waals surface area contributed by atoms with Gasteiger partial charge in [-0.05, 0) is 36.4 Å². The fourth-order valence-corrected chi connectivity index (χ4v) is 1.85. The molecular formula is C15H13NO5. The average Bonchev–Trinajstić information content (AvgIpc) is 2.45. The highest BCUT2D eigenvalue weighted by Gasteiger charge is 2.22. The molecule has 0 bridgehead atoms. The SMILES string of the molecule is O=C(O)CN(C(=O)c1ccccc1O)c1ccc(O)cc1. The summed E-state index contributed by atoms with van der Waals surface area (Å²) in [6.07, 6.45) is 0. The van der Waals surface area contributed by atoms with E-state index in [1.165, 1.54) is 36.4 Å². The van der Waals surface area contributed by atoms with Crippen LogP contribution in [0.2, 0.25) is 0 Å². The Kier molecular flexibility index (Phi) is 4.08. The molecule has 6 heteroatoms. The first-order valence-corrected chi connectivity index (χ1v) is 6.09. The summed E-state index contributed by atoms with van der Waals surface area (Å²) >= 11 is 0. The summed E-state index contributed by atoms with van der Waals surface area (Å²) in [5, 5.41) is 27.9. The van der Waals surface area contributed by atoms with Gasteiger partial charge >= 0.3 is 5.97 Å². The van der Waals surface area contributed by atoms with Crippen LogP contribution in [-0.4, -0.2) is 33.7 Å². The van der Waals surface area contributed by atoms with Crippen LogP contribution in [0.5, 0.6) is 11.5 Å². The molecule has 0 spiro atoms. The first-order chi connectivity index (χ1) is 9.99. The van der Waals surface area contributed by atoms with Crippen LogP contribution < -0.4 is 4.90 Å². The smallest absolute Gasteiger partial charge is 0.323 e. The first kappa shape index (κ1) is 14.4. The lowest BCUT2D eigenvalue weighted by molar-refractivity contribution is -0.135. The second-order valence-electron chi connectivity index (χ2n) is 4.32. The zero-order valence-electron chi connectivity index (χ0n) is 10.9. The number of amides is 1. The Morgan fingerprint density at radius 3 is 2.14 bits per heavy atom. The van der Waals surface area contributed by atoms with Crippen LogP contribution in [0.15, 0.2) is 48.5 Å². The molecule has 2 aromatic rings. The summed E-state index contributed by atoms with van der Waals surface area (Å²) in [7, 11) is 0. The third-order valence-corrected chi connectivity index (χ3v) is 2.83. The topological polar surface area (TPSA) is 98.1 Å². The number of carbonyl (C=O) groups is 2. The Hall–Kier alpha value is -3.02. The van der Waals surface area contributed by atoms with Crippen LogP contribution in [-0.2, 0) is 4.79 Å². The lowest BCUT2D eigenvalue weighted by Crippen LogP contribution is -2.35. The van der Waals surface area contributed by atoms with Gasteiger partial charge in [0.05, 0.1) is 5.56 Å². The van der Waals surface area contributed by atoms with E-state index < -0.39 is 18.4 Å². The predicted octanol–water partition coefficient (Wildman–Crippen LogP) is 1.83. The van der Waals surface area contributed by atoms with E-state index in [0.717, 1.165) is 4.90 Å². The monoisotopic (exact) mass is 287 g/mol. The van der Waals surface area contributed by atoms with Gasteiger partial charge in [-0.2, -0.15) is 0 Å². The van der Waals surface area contributed by atoms with Crippen molar-refractivity contribution in [2.45, 2.75) is 0 Å². The van der Waals surface area contributed by atoms with Gasteiger partial charge in [0.1, 0.15) is 18.0 Å². The average molecular weight is 287 g/mol. The van der Waals surface area contributed by atoms with Crippen LogP contribution in [0.4, 0.5) is 5.69 Å². The van der Waals surface area contributed by atoms with Gasteiger partial charge in [0, 0.05) is 5.69 Å². The molecule has 108 valence electrons. The number of nitrogens with zero attached hydrogens (tertiary/aromatic N) is 1. The second-order valence-corrected chi connectivity index (χ2v) is 4.32. The van der Waals surface area contributed by atoms with Gasteiger partial charge in [-0.25, -0.2) is 0 Å². The molecule has 1 amide bonds. The van der Waals surface area contributed by atoms with Gasteiger partial charge in [0.2, 0.25) is 0 Å². The molecule has 0 saturated heterocycles. The number of phenols is 2. The Bertz CT molecular complexity index is 666. The van der Waals surface area contributed by atoms with Crippen molar-refractivity contribution in [3.8, 4) is 11.5 Å². The van der Waals surface area contributed by atoms with E-state index in [1.54, 1.807) is 12.1 Å². The molecule has 0 aliphatic heterocycles. The van der Waals surface area contributed by atoms with Crippen LogP contribution in [0, 0.1) is 0 Å². The maximum absolute atomic E-state index is 12.4. The number of aromatic hydroxyl groups is 2. The van der Waals surface area contributed by atoms with Crippen molar-refractivity contribution < 1.29 is 24.9 Å². The quantitative estimate of drug-likeness (QED) is 0.797. The van der Waals surface area contributed by atoms with Gasteiger partial charge in [-0.3, -0.25) is 14.5 Å². The first-order valence-electron chi connectivity index (χ1n) is 6.09. The number of para-hydroxylation sites is 1. The Morgan fingerprint density at radius 1 is 0.952 bits per heavy atom. The maximum atomic E-state index is 12.4. The Labute approximate surface area is 120 Å². The minimum absolute atomic E-state index is 0.00373. The van der Waals surface area contributed by atoms with E-state index in [1.807, 2.05) is 0 Å². The van der Waals surface area contributed by atoms with E-state index in [0.29, 0.717) is 5.69 Å². The number of carboxylic acid groups (broad SMARTS) is 1. The van der Waals surface area contributed by atoms with Crippen molar-refractivity contribution in [3.05, 3.63) is 54.1 Å². The molecule has 0 aromatic heterocycles. The lowest BCUT2D eigenvalue weighted by atomic mass is 10.1. The van der Waals surface area contributed by atoms with Crippen molar-refractivity contribution in [3.63, 3.8) is 0 Å². The molecule has 6 nitrogen and oxygen atoms in total. The zero-order valence-corrected chi connectivity index (χ0v) is 10.9. The molecule has 0 unspecified atom stereocenters. The largest absolute Gasteiger partial charge is 0.508 e. The number of aliphatic carboxylic acids is 1. The van der Waals surface area contributed by atoms with Gasteiger partial charge < -0.3 is 15.3 Å². The predicted molar refractivity (Wildman–Crippen MR) is 75.5 cm³/mol. The number of carboxylic acids is 1. The molecule has 3 N–H and O–H groups in total. The summed E-state index contributed by atoms with van der Waals surface area (Å²) in [5.74, 6) is -2.05. The summed E-state index contributed by atoms with van der Waals surface area (Å²) in [6, 6.07) is 11.4. The van der Waals surface area contributed by atoms with E-state index in [4.69, 9.17) is 5.11 Å². The van der Waals surface area contributed by atoms with Gasteiger partial charge in [0.25, 0.3) is 5.91 Å². The number of benzene rings is 2. The van der Waals surface area contributed by atoms with Crippen LogP contribution >= 0.6 is 0 Å². The minimum Gasteiger partial charge on any atom is -0.508 e. The Balaban J connectivity index is 2.40. The van der Waals surface area contributed by atoms with Gasteiger partial charge in [-0.15, -0.1) is 0 Å². The molecular weight excluding hydrogens is 274 g/mol. The van der Waals surface area contributed by atoms with Crippen LogP contribution in [0.3, 0.4) is 0 Å². The number of hydrogen-bond acceptors (Lipinski definition) is 4. The molecule has 21 heavy (non-hydrogen) atoms. The standard InChI is InChI=1S/C15H13NO5/c17-11-7-5-10(6-8-11)16(9-14(19)20)15(21)12-3-1-2-4-13(12)18/h1-8,17-18H,9H2,(H,19,20). The molecule has 0 atom stereocenters. The van der Waals surface area contributed by atoms with E-state index in [2.05, 4.69) is 0 Å². The number of anilines is 1. The molecule has 0 aliphatic carbocycles. The Morgan fingerprint density at radius 2 is 1.57 bits per heavy atom. The van der Waals surface area contributed by atoms with Gasteiger partial charge in [0.15, 0.2) is 0 Å². The highest BCUT2D eigenvalue weighted by Crippen LogP contribution is 2.23. The number of carbonyl (C=O) groups excluding carboxylic acids is 1. The fourth-order valence-electron chi connectivity index (χ4n) is 1.85. The number of rotatable bonds is 4. The molecule has 0 heterocycles. The normalized spacial score (nSPS) is 10.1. The fraction of sp³-hybridized carbons (Fsp3) is 0.0667. The third-order valence-electron chi connectivity index (χ3n) is 2.83.